The summed E-state index contributed by atoms with van der Waals surface area (Å²) in [6, 6.07) is 9.36. The number of amides is 1. The van der Waals surface area contributed by atoms with Crippen LogP contribution >= 0.6 is 22.6 Å². The molecule has 0 aliphatic heterocycles. The predicted octanol–water partition coefficient (Wildman–Crippen LogP) is 3.52. The Labute approximate surface area is 149 Å². The minimum absolute atomic E-state index is 0.135. The highest BCUT2D eigenvalue weighted by atomic mass is 127. The van der Waals surface area contributed by atoms with Crippen LogP contribution in [0.4, 0.5) is 5.69 Å². The highest BCUT2D eigenvalue weighted by molar-refractivity contribution is 14.1. The van der Waals surface area contributed by atoms with Crippen LogP contribution in [0, 0.1) is 17.4 Å². The molecule has 0 saturated carbocycles. The number of anilines is 1. The lowest BCUT2D eigenvalue weighted by molar-refractivity contribution is -0.116. The van der Waals surface area contributed by atoms with Crippen LogP contribution in [0.25, 0.3) is 0 Å². The van der Waals surface area contributed by atoms with Crippen molar-refractivity contribution < 1.29 is 14.3 Å². The van der Waals surface area contributed by atoms with E-state index in [4.69, 9.17) is 4.74 Å². The smallest absolute Gasteiger partial charge is 0.339 e. The molecule has 0 radical (unpaired) electrons. The van der Waals surface area contributed by atoms with Gasteiger partial charge in [0.1, 0.15) is 6.54 Å². The lowest BCUT2D eigenvalue weighted by Gasteiger charge is -2.11. The molecule has 0 unspecified atom stereocenters. The van der Waals surface area contributed by atoms with E-state index in [1.54, 1.807) is 13.0 Å². The number of aromatic nitrogens is 1. The molecule has 0 aliphatic carbocycles. The van der Waals surface area contributed by atoms with Gasteiger partial charge in [-0.15, -0.1) is 0 Å². The molecule has 1 N–H and O–H groups in total. The Hall–Kier alpha value is -1.83. The third kappa shape index (κ3) is 4.34. The number of nitrogens with zero attached hydrogens (tertiary/aromatic N) is 1. The molecule has 0 bridgehead atoms. The van der Waals surface area contributed by atoms with Crippen LogP contribution in [0.5, 0.6) is 0 Å². The maximum atomic E-state index is 12.3. The van der Waals surface area contributed by atoms with E-state index in [1.165, 1.54) is 0 Å². The van der Waals surface area contributed by atoms with Crippen LogP contribution in [-0.2, 0) is 16.1 Å². The second kappa shape index (κ2) is 7.63. The largest absolute Gasteiger partial charge is 0.462 e. The number of rotatable bonds is 5. The molecule has 2 rings (SSSR count). The second-order valence-corrected chi connectivity index (χ2v) is 6.40. The molecule has 0 atom stereocenters. The number of hydrogen-bond acceptors (Lipinski definition) is 3. The Morgan fingerprint density at radius 3 is 2.65 bits per heavy atom. The van der Waals surface area contributed by atoms with Crippen LogP contribution in [0.15, 0.2) is 30.3 Å². The Kier molecular flexibility index (Phi) is 5.81. The molecule has 0 spiro atoms. The van der Waals surface area contributed by atoms with E-state index in [1.807, 2.05) is 42.7 Å². The molecule has 122 valence electrons. The number of halogens is 1. The molecule has 2 aromatic rings. The Bertz CT molecular complexity index is 737. The third-order valence-corrected chi connectivity index (χ3v) is 4.15. The Morgan fingerprint density at radius 1 is 1.26 bits per heavy atom. The highest BCUT2D eigenvalue weighted by Gasteiger charge is 2.18. The molecule has 1 amide bonds. The van der Waals surface area contributed by atoms with Gasteiger partial charge in [-0.2, -0.15) is 0 Å². The van der Waals surface area contributed by atoms with Crippen LogP contribution in [0.1, 0.15) is 28.7 Å². The number of carbonyl (C=O) groups excluding carboxylic acids is 2. The minimum atomic E-state index is -0.357. The number of aryl methyl sites for hydroxylation is 1. The first kappa shape index (κ1) is 17.5. The number of ether oxygens (including phenoxy) is 1. The standard InChI is InChI=1S/C17H19IN2O3/c1-4-23-17(22)15-8-11(2)20(12(15)3)10-16(21)19-14-7-5-6-13(18)9-14/h5-9H,4,10H2,1-3H3,(H,19,21). The van der Waals surface area contributed by atoms with E-state index < -0.39 is 0 Å². The van der Waals surface area contributed by atoms with Crippen molar-refractivity contribution >= 4 is 40.2 Å². The molecular formula is C17H19IN2O3. The summed E-state index contributed by atoms with van der Waals surface area (Å²) in [5.41, 5.74) is 2.85. The molecule has 0 fully saturated rings. The van der Waals surface area contributed by atoms with Crippen molar-refractivity contribution in [1.29, 1.82) is 0 Å². The highest BCUT2D eigenvalue weighted by Crippen LogP contribution is 2.17. The lowest BCUT2D eigenvalue weighted by Crippen LogP contribution is -2.20. The van der Waals surface area contributed by atoms with Gasteiger partial charge in [-0.1, -0.05) is 6.07 Å². The number of benzene rings is 1. The van der Waals surface area contributed by atoms with E-state index in [0.717, 1.165) is 20.6 Å². The van der Waals surface area contributed by atoms with Crippen molar-refractivity contribution in [2.24, 2.45) is 0 Å². The van der Waals surface area contributed by atoms with E-state index in [2.05, 4.69) is 27.9 Å². The maximum Gasteiger partial charge on any atom is 0.339 e. The zero-order valence-electron chi connectivity index (χ0n) is 13.4. The zero-order valence-corrected chi connectivity index (χ0v) is 15.5. The topological polar surface area (TPSA) is 60.3 Å². The fourth-order valence-corrected chi connectivity index (χ4v) is 2.91. The SMILES string of the molecule is CCOC(=O)c1cc(C)n(CC(=O)Nc2cccc(I)c2)c1C. The first-order valence-electron chi connectivity index (χ1n) is 7.31. The summed E-state index contributed by atoms with van der Waals surface area (Å²) in [4.78, 5) is 24.2. The van der Waals surface area contributed by atoms with Crippen LogP contribution in [0.3, 0.4) is 0 Å². The number of nitrogens with one attached hydrogen (secondary N) is 1. The van der Waals surface area contributed by atoms with Crippen LogP contribution in [-0.4, -0.2) is 23.1 Å². The fourth-order valence-electron chi connectivity index (χ4n) is 2.37. The van der Waals surface area contributed by atoms with Crippen molar-refractivity contribution in [2.45, 2.75) is 27.3 Å². The summed E-state index contributed by atoms with van der Waals surface area (Å²) in [7, 11) is 0. The Balaban J connectivity index is 2.13. The zero-order chi connectivity index (χ0) is 17.0. The van der Waals surface area contributed by atoms with Gasteiger partial charge in [0.2, 0.25) is 5.91 Å². The van der Waals surface area contributed by atoms with E-state index in [-0.39, 0.29) is 18.4 Å². The summed E-state index contributed by atoms with van der Waals surface area (Å²) in [6.07, 6.45) is 0. The molecular weight excluding hydrogens is 407 g/mol. The average molecular weight is 426 g/mol. The number of esters is 1. The molecule has 23 heavy (non-hydrogen) atoms. The quantitative estimate of drug-likeness (QED) is 0.588. The third-order valence-electron chi connectivity index (χ3n) is 3.48. The first-order chi connectivity index (χ1) is 10.9. The van der Waals surface area contributed by atoms with Crippen molar-refractivity contribution in [3.8, 4) is 0 Å². The minimum Gasteiger partial charge on any atom is -0.462 e. The van der Waals surface area contributed by atoms with Crippen molar-refractivity contribution in [3.63, 3.8) is 0 Å². The van der Waals surface area contributed by atoms with Crippen molar-refractivity contribution in [1.82, 2.24) is 4.57 Å². The molecule has 1 aromatic carbocycles. The summed E-state index contributed by atoms with van der Waals surface area (Å²) in [5, 5.41) is 2.87. The van der Waals surface area contributed by atoms with E-state index in [9.17, 15) is 9.59 Å². The monoisotopic (exact) mass is 426 g/mol. The normalized spacial score (nSPS) is 10.4. The van der Waals surface area contributed by atoms with Gasteiger partial charge in [0.25, 0.3) is 0 Å². The summed E-state index contributed by atoms with van der Waals surface area (Å²) in [5.74, 6) is -0.492. The van der Waals surface area contributed by atoms with Gasteiger partial charge in [0.15, 0.2) is 0 Å². The molecule has 1 heterocycles. The van der Waals surface area contributed by atoms with E-state index >= 15 is 0 Å². The fraction of sp³-hybridized carbons (Fsp3) is 0.294. The number of carbonyl (C=O) groups is 2. The Morgan fingerprint density at radius 2 is 2.00 bits per heavy atom. The summed E-state index contributed by atoms with van der Waals surface area (Å²) >= 11 is 2.20. The van der Waals surface area contributed by atoms with Crippen molar-refractivity contribution in [2.75, 3.05) is 11.9 Å². The van der Waals surface area contributed by atoms with Crippen LogP contribution in [0.2, 0.25) is 0 Å². The number of hydrogen-bond donors (Lipinski definition) is 1. The summed E-state index contributed by atoms with van der Waals surface area (Å²) < 4.78 is 7.91. The predicted molar refractivity (Wildman–Crippen MR) is 97.7 cm³/mol. The first-order valence-corrected chi connectivity index (χ1v) is 8.39. The molecule has 1 aromatic heterocycles. The van der Waals surface area contributed by atoms with E-state index in [0.29, 0.717) is 12.2 Å². The van der Waals surface area contributed by atoms with Gasteiger partial charge in [-0.3, -0.25) is 4.79 Å². The molecule has 6 heteroatoms. The summed E-state index contributed by atoms with van der Waals surface area (Å²) in [6.45, 7) is 5.94. The van der Waals surface area contributed by atoms with Gasteiger partial charge in [-0.05, 0) is 67.6 Å². The van der Waals surface area contributed by atoms with Gasteiger partial charge in [0.05, 0.1) is 12.2 Å². The second-order valence-electron chi connectivity index (χ2n) is 5.15. The van der Waals surface area contributed by atoms with Gasteiger partial charge in [-0.25, -0.2) is 4.79 Å². The van der Waals surface area contributed by atoms with Gasteiger partial charge in [0, 0.05) is 20.6 Å². The molecule has 0 saturated heterocycles. The van der Waals surface area contributed by atoms with Gasteiger partial charge < -0.3 is 14.6 Å². The van der Waals surface area contributed by atoms with Crippen LogP contribution < -0.4 is 5.32 Å². The molecule has 0 aliphatic rings. The maximum absolute atomic E-state index is 12.3. The lowest BCUT2D eigenvalue weighted by atomic mass is 10.2. The average Bonchev–Trinajstić information content (AvgIpc) is 2.75. The van der Waals surface area contributed by atoms with Crippen molar-refractivity contribution in [3.05, 3.63) is 50.9 Å². The van der Waals surface area contributed by atoms with Gasteiger partial charge >= 0.3 is 5.97 Å². The molecule has 5 nitrogen and oxygen atoms in total.